The minimum absolute atomic E-state index is 0.163. The van der Waals surface area contributed by atoms with Gasteiger partial charge in [-0.25, -0.2) is 9.97 Å². The lowest BCUT2D eigenvalue weighted by Crippen LogP contribution is -2.03. The predicted molar refractivity (Wildman–Crippen MR) is 83.9 cm³/mol. The second kappa shape index (κ2) is 5.89. The largest absolute Gasteiger partial charge is 0.368 e. The molecular weight excluding hydrogens is 284 g/mol. The summed E-state index contributed by atoms with van der Waals surface area (Å²) in [5, 5.41) is 0.380. The number of hydrogen-bond donors (Lipinski definition) is 1. The summed E-state index contributed by atoms with van der Waals surface area (Å²) in [7, 11) is 0. The maximum Gasteiger partial charge on any atom is 0.222 e. The molecule has 0 aliphatic heterocycles. The minimum Gasteiger partial charge on any atom is -0.368 e. The van der Waals surface area contributed by atoms with Crippen molar-refractivity contribution in [3.63, 3.8) is 0 Å². The van der Waals surface area contributed by atoms with E-state index in [-0.39, 0.29) is 5.95 Å². The van der Waals surface area contributed by atoms with Crippen molar-refractivity contribution >= 4 is 17.5 Å². The molecule has 21 heavy (non-hydrogen) atoms. The molecular formula is C16H13ClN4. The average Bonchev–Trinajstić information content (AvgIpc) is 2.51. The summed E-state index contributed by atoms with van der Waals surface area (Å²) < 4.78 is 0. The first-order valence-corrected chi connectivity index (χ1v) is 6.88. The predicted octanol–water partition coefficient (Wildman–Crippen LogP) is 3.37. The van der Waals surface area contributed by atoms with Gasteiger partial charge in [-0.1, -0.05) is 41.9 Å². The normalized spacial score (nSPS) is 10.5. The van der Waals surface area contributed by atoms with Crippen LogP contribution in [-0.4, -0.2) is 15.0 Å². The number of benzene rings is 1. The van der Waals surface area contributed by atoms with Crippen LogP contribution >= 0.6 is 11.6 Å². The van der Waals surface area contributed by atoms with E-state index in [9.17, 15) is 0 Å². The SMILES string of the molecule is Nc1nc(Cl)c(Cc2ccccc2)c(-c2cccnc2)n1. The summed E-state index contributed by atoms with van der Waals surface area (Å²) in [4.78, 5) is 12.5. The zero-order valence-electron chi connectivity index (χ0n) is 11.2. The first-order chi connectivity index (χ1) is 10.2. The maximum absolute atomic E-state index is 6.28. The first-order valence-electron chi connectivity index (χ1n) is 6.50. The lowest BCUT2D eigenvalue weighted by molar-refractivity contribution is 1.09. The van der Waals surface area contributed by atoms with Crippen LogP contribution in [0.5, 0.6) is 0 Å². The van der Waals surface area contributed by atoms with Crippen molar-refractivity contribution in [2.45, 2.75) is 6.42 Å². The van der Waals surface area contributed by atoms with Crippen molar-refractivity contribution in [3.05, 3.63) is 71.1 Å². The molecule has 5 heteroatoms. The zero-order valence-corrected chi connectivity index (χ0v) is 12.0. The molecule has 0 aliphatic rings. The van der Waals surface area contributed by atoms with Gasteiger partial charge in [0.25, 0.3) is 0 Å². The van der Waals surface area contributed by atoms with Crippen LogP contribution in [0, 0.1) is 0 Å². The first kappa shape index (κ1) is 13.5. The minimum atomic E-state index is 0.163. The monoisotopic (exact) mass is 296 g/mol. The van der Waals surface area contributed by atoms with E-state index in [0.29, 0.717) is 11.6 Å². The number of pyridine rings is 1. The average molecular weight is 297 g/mol. The van der Waals surface area contributed by atoms with Gasteiger partial charge in [-0.15, -0.1) is 0 Å². The van der Waals surface area contributed by atoms with Crippen molar-refractivity contribution in [1.82, 2.24) is 15.0 Å². The summed E-state index contributed by atoms with van der Waals surface area (Å²) >= 11 is 6.28. The van der Waals surface area contributed by atoms with Crippen LogP contribution in [-0.2, 0) is 6.42 Å². The second-order valence-corrected chi connectivity index (χ2v) is 4.96. The molecule has 104 valence electrons. The fourth-order valence-corrected chi connectivity index (χ4v) is 2.41. The highest BCUT2D eigenvalue weighted by Crippen LogP contribution is 2.28. The van der Waals surface area contributed by atoms with Crippen molar-refractivity contribution < 1.29 is 0 Å². The number of hydrogen-bond acceptors (Lipinski definition) is 4. The molecule has 0 unspecified atom stereocenters. The van der Waals surface area contributed by atoms with Gasteiger partial charge in [0.2, 0.25) is 5.95 Å². The number of nitrogen functional groups attached to an aromatic ring is 1. The molecule has 0 bridgehead atoms. The van der Waals surface area contributed by atoms with E-state index >= 15 is 0 Å². The van der Waals surface area contributed by atoms with Crippen LogP contribution in [0.25, 0.3) is 11.3 Å². The third kappa shape index (κ3) is 3.01. The van der Waals surface area contributed by atoms with Gasteiger partial charge in [0, 0.05) is 29.9 Å². The van der Waals surface area contributed by atoms with E-state index < -0.39 is 0 Å². The Labute approximate surface area is 127 Å². The lowest BCUT2D eigenvalue weighted by atomic mass is 10.0. The van der Waals surface area contributed by atoms with E-state index in [2.05, 4.69) is 15.0 Å². The Kier molecular flexibility index (Phi) is 3.79. The molecule has 0 saturated heterocycles. The molecule has 0 radical (unpaired) electrons. The molecule has 4 nitrogen and oxygen atoms in total. The van der Waals surface area contributed by atoms with E-state index in [1.807, 2.05) is 42.5 Å². The van der Waals surface area contributed by atoms with E-state index in [4.69, 9.17) is 17.3 Å². The molecule has 0 atom stereocenters. The third-order valence-electron chi connectivity index (χ3n) is 3.13. The molecule has 1 aromatic carbocycles. The van der Waals surface area contributed by atoms with Crippen LogP contribution in [0.1, 0.15) is 11.1 Å². The van der Waals surface area contributed by atoms with Crippen LogP contribution in [0.4, 0.5) is 5.95 Å². The molecule has 2 N–H and O–H groups in total. The van der Waals surface area contributed by atoms with E-state index in [0.717, 1.165) is 22.4 Å². The van der Waals surface area contributed by atoms with Crippen LogP contribution in [0.2, 0.25) is 5.15 Å². The Hall–Kier alpha value is -2.46. The molecule has 3 rings (SSSR count). The molecule has 0 spiro atoms. The molecule has 2 heterocycles. The zero-order chi connectivity index (χ0) is 14.7. The van der Waals surface area contributed by atoms with E-state index in [1.54, 1.807) is 12.4 Å². The number of halogens is 1. The molecule has 3 aromatic rings. The molecule has 0 aliphatic carbocycles. The number of nitrogens with zero attached hydrogens (tertiary/aromatic N) is 3. The number of anilines is 1. The summed E-state index contributed by atoms with van der Waals surface area (Å²) in [5.41, 5.74) is 9.32. The van der Waals surface area contributed by atoms with Gasteiger partial charge in [0.1, 0.15) is 5.15 Å². The van der Waals surface area contributed by atoms with Crippen LogP contribution in [0.3, 0.4) is 0 Å². The van der Waals surface area contributed by atoms with Gasteiger partial charge >= 0.3 is 0 Å². The number of nitrogens with two attached hydrogens (primary N) is 1. The Morgan fingerprint density at radius 3 is 2.52 bits per heavy atom. The summed E-state index contributed by atoms with van der Waals surface area (Å²) in [5.74, 6) is 0.163. The van der Waals surface area contributed by atoms with Gasteiger partial charge in [-0.2, -0.15) is 0 Å². The highest BCUT2D eigenvalue weighted by molar-refractivity contribution is 6.30. The second-order valence-electron chi connectivity index (χ2n) is 4.60. The smallest absolute Gasteiger partial charge is 0.222 e. The molecule has 2 aromatic heterocycles. The van der Waals surface area contributed by atoms with Crippen molar-refractivity contribution in [3.8, 4) is 11.3 Å². The van der Waals surface area contributed by atoms with Gasteiger partial charge in [0.05, 0.1) is 5.69 Å². The van der Waals surface area contributed by atoms with E-state index in [1.165, 1.54) is 0 Å². The third-order valence-corrected chi connectivity index (χ3v) is 3.45. The number of rotatable bonds is 3. The van der Waals surface area contributed by atoms with Crippen LogP contribution in [0.15, 0.2) is 54.9 Å². The van der Waals surface area contributed by atoms with Crippen molar-refractivity contribution in [2.24, 2.45) is 0 Å². The Balaban J connectivity index is 2.11. The summed E-state index contributed by atoms with van der Waals surface area (Å²) in [6, 6.07) is 13.8. The fraction of sp³-hybridized carbons (Fsp3) is 0.0625. The Morgan fingerprint density at radius 2 is 1.81 bits per heavy atom. The van der Waals surface area contributed by atoms with Gasteiger partial charge < -0.3 is 5.73 Å². The highest BCUT2D eigenvalue weighted by Gasteiger charge is 2.14. The molecule has 0 saturated carbocycles. The van der Waals surface area contributed by atoms with Gasteiger partial charge in [-0.3, -0.25) is 4.98 Å². The Morgan fingerprint density at radius 1 is 1.00 bits per heavy atom. The fourth-order valence-electron chi connectivity index (χ4n) is 2.17. The van der Waals surface area contributed by atoms with Crippen LogP contribution < -0.4 is 5.73 Å². The van der Waals surface area contributed by atoms with Crippen molar-refractivity contribution in [1.29, 1.82) is 0 Å². The molecule has 0 fully saturated rings. The maximum atomic E-state index is 6.28. The lowest BCUT2D eigenvalue weighted by Gasteiger charge is -2.11. The summed E-state index contributed by atoms with van der Waals surface area (Å²) in [6.07, 6.45) is 4.10. The molecule has 0 amide bonds. The number of aromatic nitrogens is 3. The quantitative estimate of drug-likeness (QED) is 0.753. The summed E-state index contributed by atoms with van der Waals surface area (Å²) in [6.45, 7) is 0. The van der Waals surface area contributed by atoms with Gasteiger partial charge in [0.15, 0.2) is 0 Å². The highest BCUT2D eigenvalue weighted by atomic mass is 35.5. The van der Waals surface area contributed by atoms with Crippen molar-refractivity contribution in [2.75, 3.05) is 5.73 Å². The Bertz CT molecular complexity index is 745. The van der Waals surface area contributed by atoms with Gasteiger partial charge in [-0.05, 0) is 17.7 Å². The standard InChI is InChI=1S/C16H13ClN4/c17-15-13(9-11-5-2-1-3-6-11)14(20-16(18)21-15)12-7-4-8-19-10-12/h1-8,10H,9H2,(H2,18,20,21). The topological polar surface area (TPSA) is 64.7 Å².